The molecule has 2 N–H and O–H groups in total. The van der Waals surface area contributed by atoms with Crippen molar-refractivity contribution < 1.29 is 23.1 Å². The third kappa shape index (κ3) is 4.94. The molecule has 12 heteroatoms. The molecule has 172 valence electrons. The average molecular weight is 457 g/mol. The van der Waals surface area contributed by atoms with Crippen LogP contribution in [-0.4, -0.2) is 37.0 Å². The Bertz CT molecular complexity index is 1200. The van der Waals surface area contributed by atoms with Crippen molar-refractivity contribution in [2.75, 3.05) is 10.6 Å². The second kappa shape index (κ2) is 8.88. The van der Waals surface area contributed by atoms with Crippen LogP contribution in [0.15, 0.2) is 30.6 Å². The van der Waals surface area contributed by atoms with Crippen LogP contribution < -0.4 is 10.6 Å². The van der Waals surface area contributed by atoms with Crippen molar-refractivity contribution in [2.45, 2.75) is 26.4 Å². The Morgan fingerprint density at radius 2 is 1.97 bits per heavy atom. The summed E-state index contributed by atoms with van der Waals surface area (Å²) in [6, 6.07) is 4.21. The number of ether oxygens (including phenoxy) is 1. The average Bonchev–Trinajstić information content (AvgIpc) is 3.41. The molecule has 3 heterocycles. The third-order valence-electron chi connectivity index (χ3n) is 5.32. The quantitative estimate of drug-likeness (QED) is 0.543. The number of aryl methyl sites for hydroxylation is 1. The van der Waals surface area contributed by atoms with Crippen LogP contribution >= 0.6 is 0 Å². The number of pyridine rings is 2. The highest BCUT2D eigenvalue weighted by atomic mass is 19.1. The highest BCUT2D eigenvalue weighted by Gasteiger charge is 2.39. The van der Waals surface area contributed by atoms with Crippen LogP contribution in [0.4, 0.5) is 25.1 Å². The molecule has 1 saturated carbocycles. The lowest BCUT2D eigenvalue weighted by Crippen LogP contribution is -2.19. The number of anilines is 2. The smallest absolute Gasteiger partial charge is 0.413 e. The van der Waals surface area contributed by atoms with Gasteiger partial charge in [-0.25, -0.2) is 18.9 Å². The van der Waals surface area contributed by atoms with Gasteiger partial charge >= 0.3 is 6.09 Å². The maximum atomic E-state index is 13.8. The summed E-state index contributed by atoms with van der Waals surface area (Å²) in [5, 5.41) is 13.2. The van der Waals surface area contributed by atoms with Gasteiger partial charge in [0.25, 0.3) is 0 Å². The summed E-state index contributed by atoms with van der Waals surface area (Å²) < 4.78 is 33.7. The molecule has 1 aliphatic carbocycles. The molecule has 0 spiro atoms. The minimum Gasteiger partial charge on any atom is -0.441 e. The Balaban J connectivity index is 1.44. The van der Waals surface area contributed by atoms with Crippen LogP contribution in [0.3, 0.4) is 0 Å². The third-order valence-corrected chi connectivity index (χ3v) is 5.32. The number of rotatable bonds is 6. The lowest BCUT2D eigenvalue weighted by molar-refractivity contribution is -0.117. The van der Waals surface area contributed by atoms with Crippen molar-refractivity contribution >= 4 is 23.5 Å². The number of nitrogens with zero attached hydrogens (tertiary/aromatic N) is 5. The summed E-state index contributed by atoms with van der Waals surface area (Å²) in [7, 11) is 1.55. The summed E-state index contributed by atoms with van der Waals surface area (Å²) in [5.41, 5.74) is 0.993. The molecule has 2 amide bonds. The van der Waals surface area contributed by atoms with Crippen molar-refractivity contribution in [3.8, 4) is 11.4 Å². The van der Waals surface area contributed by atoms with Crippen LogP contribution in [0, 0.1) is 23.6 Å². The highest BCUT2D eigenvalue weighted by Crippen LogP contribution is 2.38. The van der Waals surface area contributed by atoms with E-state index in [-0.39, 0.29) is 28.9 Å². The van der Waals surface area contributed by atoms with Gasteiger partial charge in [-0.1, -0.05) is 12.1 Å². The molecule has 1 aliphatic rings. The molecule has 10 nitrogen and oxygen atoms in total. The molecule has 0 unspecified atom stereocenters. The maximum Gasteiger partial charge on any atom is 0.413 e. The van der Waals surface area contributed by atoms with E-state index in [9.17, 15) is 18.4 Å². The lowest BCUT2D eigenvalue weighted by Gasteiger charge is -2.15. The van der Waals surface area contributed by atoms with Crippen LogP contribution in [0.25, 0.3) is 11.4 Å². The molecular formula is C21H21F2N7O3. The number of hydrogen-bond donors (Lipinski definition) is 2. The van der Waals surface area contributed by atoms with Gasteiger partial charge < -0.3 is 10.1 Å². The summed E-state index contributed by atoms with van der Waals surface area (Å²) in [4.78, 5) is 32.0. The molecule has 3 aromatic heterocycles. The van der Waals surface area contributed by atoms with Crippen molar-refractivity contribution in [2.24, 2.45) is 18.9 Å². The zero-order valence-electron chi connectivity index (χ0n) is 18.0. The fourth-order valence-electron chi connectivity index (χ4n) is 3.27. The van der Waals surface area contributed by atoms with Gasteiger partial charge in [-0.15, -0.1) is 5.10 Å². The normalized spacial score (nSPS) is 17.8. The van der Waals surface area contributed by atoms with Crippen LogP contribution in [0.1, 0.15) is 31.9 Å². The van der Waals surface area contributed by atoms with Gasteiger partial charge in [-0.05, 0) is 37.5 Å². The number of amides is 2. The number of nitrogens with one attached hydrogen (secondary N) is 2. The Kier molecular flexibility index (Phi) is 5.99. The first-order valence-electron chi connectivity index (χ1n) is 10.2. The van der Waals surface area contributed by atoms with Crippen molar-refractivity contribution in [3.05, 3.63) is 47.9 Å². The minimum atomic E-state index is -1.10. The first kappa shape index (κ1) is 22.2. The molecule has 0 radical (unpaired) electrons. The van der Waals surface area contributed by atoms with E-state index in [0.29, 0.717) is 17.3 Å². The molecule has 4 rings (SSSR count). The fourth-order valence-corrected chi connectivity index (χ4v) is 3.27. The van der Waals surface area contributed by atoms with Gasteiger partial charge in [-0.2, -0.15) is 4.39 Å². The number of aromatic nitrogens is 5. The molecule has 0 aromatic carbocycles. The standard InChI is InChI=1S/C21H21F2N7O3/c1-10-6-14(10)20(31)26-13-4-5-16(24-9-13)17-19(30(3)29-28-17)27-21(32)33-11(2)15-7-12(22)8-25-18(15)23/h4-5,7-11,14H,6H2,1-3H3,(H,26,31)(H,27,32)/t10-,11+,14-/m0/s1. The molecule has 3 aromatic rings. The Labute approximate surface area is 187 Å². The predicted molar refractivity (Wildman–Crippen MR) is 113 cm³/mol. The van der Waals surface area contributed by atoms with Gasteiger partial charge in [0.1, 0.15) is 11.9 Å². The highest BCUT2D eigenvalue weighted by molar-refractivity contribution is 5.94. The van der Waals surface area contributed by atoms with Crippen molar-refractivity contribution in [1.29, 1.82) is 0 Å². The Morgan fingerprint density at radius 3 is 2.64 bits per heavy atom. The molecule has 1 fully saturated rings. The van der Waals surface area contributed by atoms with Gasteiger partial charge in [0.15, 0.2) is 11.5 Å². The number of halogens is 2. The van der Waals surface area contributed by atoms with Crippen LogP contribution in [0.2, 0.25) is 0 Å². The Hall–Kier alpha value is -3.96. The van der Waals surface area contributed by atoms with E-state index >= 15 is 0 Å². The van der Waals surface area contributed by atoms with E-state index in [1.54, 1.807) is 19.2 Å². The summed E-state index contributed by atoms with van der Waals surface area (Å²) in [6.07, 6.45) is 1.06. The van der Waals surface area contributed by atoms with E-state index in [2.05, 4.69) is 30.9 Å². The molecule has 0 aliphatic heterocycles. The number of hydrogen-bond acceptors (Lipinski definition) is 7. The summed E-state index contributed by atoms with van der Waals surface area (Å²) in [5.74, 6) is -1.13. The molecule has 0 saturated heterocycles. The SMILES string of the molecule is C[C@@H](OC(=O)Nc1c(-c2ccc(NC(=O)[C@H]3C[C@@H]3C)cn2)nnn1C)c1cc(F)cnc1F. The minimum absolute atomic E-state index is 0.0329. The van der Waals surface area contributed by atoms with Gasteiger partial charge in [-0.3, -0.25) is 15.1 Å². The second-order valence-electron chi connectivity index (χ2n) is 7.86. The zero-order valence-corrected chi connectivity index (χ0v) is 18.0. The molecule has 33 heavy (non-hydrogen) atoms. The van der Waals surface area contributed by atoms with Gasteiger partial charge in [0.2, 0.25) is 11.9 Å². The number of carbonyl (C=O) groups excluding carboxylic acids is 2. The van der Waals surface area contributed by atoms with Crippen molar-refractivity contribution in [3.63, 3.8) is 0 Å². The number of carbonyl (C=O) groups is 2. The van der Waals surface area contributed by atoms with E-state index in [0.717, 1.165) is 18.7 Å². The first-order chi connectivity index (χ1) is 15.7. The zero-order chi connectivity index (χ0) is 23.7. The summed E-state index contributed by atoms with van der Waals surface area (Å²) >= 11 is 0. The van der Waals surface area contributed by atoms with E-state index in [4.69, 9.17) is 4.74 Å². The summed E-state index contributed by atoms with van der Waals surface area (Å²) in [6.45, 7) is 3.41. The maximum absolute atomic E-state index is 13.8. The predicted octanol–water partition coefficient (Wildman–Crippen LogP) is 3.45. The Morgan fingerprint density at radius 1 is 1.21 bits per heavy atom. The topological polar surface area (TPSA) is 124 Å². The monoisotopic (exact) mass is 457 g/mol. The van der Waals surface area contributed by atoms with Crippen LogP contribution in [0.5, 0.6) is 0 Å². The van der Waals surface area contributed by atoms with Crippen LogP contribution in [-0.2, 0) is 16.6 Å². The van der Waals surface area contributed by atoms with Gasteiger partial charge in [0.05, 0.1) is 29.3 Å². The molecule has 3 atom stereocenters. The van der Waals surface area contributed by atoms with E-state index in [1.165, 1.54) is 17.8 Å². The lowest BCUT2D eigenvalue weighted by atomic mass is 10.2. The van der Waals surface area contributed by atoms with Gasteiger partial charge in [0, 0.05) is 13.0 Å². The second-order valence-corrected chi connectivity index (χ2v) is 7.86. The van der Waals surface area contributed by atoms with E-state index < -0.39 is 24.0 Å². The fraction of sp³-hybridized carbons (Fsp3) is 0.333. The first-order valence-corrected chi connectivity index (χ1v) is 10.2. The molecular weight excluding hydrogens is 436 g/mol. The molecule has 0 bridgehead atoms. The van der Waals surface area contributed by atoms with Crippen molar-refractivity contribution in [1.82, 2.24) is 25.0 Å². The largest absolute Gasteiger partial charge is 0.441 e. The van der Waals surface area contributed by atoms with E-state index in [1.807, 2.05) is 6.92 Å².